The molecule has 2 fully saturated rings. The zero-order valence-electron chi connectivity index (χ0n) is 14.4. The second-order valence-electron chi connectivity index (χ2n) is 8.08. The molecule has 0 aromatic carbocycles. The van der Waals surface area contributed by atoms with Crippen LogP contribution in [0.3, 0.4) is 0 Å². The molecule has 0 bridgehead atoms. The Kier molecular flexibility index (Phi) is 3.99. The lowest BCUT2D eigenvalue weighted by Crippen LogP contribution is -2.49. The third-order valence-electron chi connectivity index (χ3n) is 7.13. The maximum absolute atomic E-state index is 12.2. The second-order valence-corrected chi connectivity index (χ2v) is 8.08. The Morgan fingerprint density at radius 1 is 1.32 bits per heavy atom. The summed E-state index contributed by atoms with van der Waals surface area (Å²) in [6.07, 6.45) is 12.8. The third-order valence-corrected chi connectivity index (χ3v) is 7.13. The highest BCUT2D eigenvalue weighted by atomic mass is 16.5. The van der Waals surface area contributed by atoms with Gasteiger partial charge in [0.1, 0.15) is 0 Å². The molecule has 0 unspecified atom stereocenters. The van der Waals surface area contributed by atoms with Crippen LogP contribution >= 0.6 is 0 Å². The summed E-state index contributed by atoms with van der Waals surface area (Å²) in [6.45, 7) is 8.92. The summed E-state index contributed by atoms with van der Waals surface area (Å²) in [5.41, 5.74) is 2.05. The van der Waals surface area contributed by atoms with E-state index >= 15 is 0 Å². The average Bonchev–Trinajstić information content (AvgIpc) is 2.53. The molecule has 2 heteroatoms. The summed E-state index contributed by atoms with van der Waals surface area (Å²) < 4.78 is 5.11. The van der Waals surface area contributed by atoms with E-state index < -0.39 is 0 Å². The van der Waals surface area contributed by atoms with Crippen molar-refractivity contribution in [1.29, 1.82) is 0 Å². The van der Waals surface area contributed by atoms with Gasteiger partial charge < -0.3 is 4.74 Å². The van der Waals surface area contributed by atoms with Gasteiger partial charge in [-0.05, 0) is 61.2 Å². The van der Waals surface area contributed by atoms with Crippen LogP contribution in [0.15, 0.2) is 24.3 Å². The van der Waals surface area contributed by atoms with Crippen LogP contribution in [0.1, 0.15) is 58.8 Å². The van der Waals surface area contributed by atoms with E-state index in [1.165, 1.54) is 26.4 Å². The number of hydrogen-bond acceptors (Lipinski definition) is 2. The van der Waals surface area contributed by atoms with E-state index in [-0.39, 0.29) is 22.7 Å². The van der Waals surface area contributed by atoms with Crippen molar-refractivity contribution in [2.24, 2.45) is 28.6 Å². The van der Waals surface area contributed by atoms with E-state index in [0.29, 0.717) is 11.8 Å². The first kappa shape index (κ1) is 15.8. The number of carbonyl (C=O) groups is 1. The van der Waals surface area contributed by atoms with Gasteiger partial charge in [0.2, 0.25) is 0 Å². The SMILES string of the molecule is C=C[C@@]1(C)CCC=C2[C@H]1CC[C@H]1[C@H](C(=O)OC)CCC[C@@]21C. The van der Waals surface area contributed by atoms with E-state index in [4.69, 9.17) is 4.74 Å². The van der Waals surface area contributed by atoms with Gasteiger partial charge in [-0.15, -0.1) is 6.58 Å². The Bertz CT molecular complexity index is 506. The van der Waals surface area contributed by atoms with E-state index in [2.05, 4.69) is 32.6 Å². The van der Waals surface area contributed by atoms with Crippen LogP contribution in [0, 0.1) is 28.6 Å². The standard InChI is InChI=1S/C20H30O2/c1-5-19(2)12-7-9-17-16(19)11-10-15-14(18(21)22-4)8-6-13-20(15,17)3/h5,9,14-16H,1,6-8,10-13H2,2-4H3/t14-,15+,16-,19+,20-/m1/s1. The van der Waals surface area contributed by atoms with Crippen LogP contribution in [0.2, 0.25) is 0 Å². The minimum atomic E-state index is 0.0114. The van der Waals surface area contributed by atoms with Gasteiger partial charge in [0.15, 0.2) is 0 Å². The second kappa shape index (κ2) is 5.54. The molecule has 3 rings (SSSR count). The molecular weight excluding hydrogens is 272 g/mol. The predicted molar refractivity (Wildman–Crippen MR) is 89.3 cm³/mol. The minimum absolute atomic E-state index is 0.0114. The zero-order chi connectivity index (χ0) is 16.0. The van der Waals surface area contributed by atoms with Crippen LogP contribution in [0.5, 0.6) is 0 Å². The molecule has 0 aromatic heterocycles. The molecule has 0 aliphatic heterocycles. The fraction of sp³-hybridized carbons (Fsp3) is 0.750. The van der Waals surface area contributed by atoms with Gasteiger partial charge in [0.05, 0.1) is 13.0 Å². The van der Waals surface area contributed by atoms with E-state index in [0.717, 1.165) is 25.7 Å². The Hall–Kier alpha value is -1.05. The molecule has 0 amide bonds. The van der Waals surface area contributed by atoms with Gasteiger partial charge in [0, 0.05) is 0 Å². The number of esters is 1. The lowest BCUT2D eigenvalue weighted by atomic mass is 9.47. The summed E-state index contributed by atoms with van der Waals surface area (Å²) in [5, 5.41) is 0. The Balaban J connectivity index is 1.97. The van der Waals surface area contributed by atoms with Crippen molar-refractivity contribution in [3.63, 3.8) is 0 Å². The van der Waals surface area contributed by atoms with Crippen molar-refractivity contribution in [2.45, 2.75) is 58.8 Å². The van der Waals surface area contributed by atoms with Gasteiger partial charge in [0.25, 0.3) is 0 Å². The van der Waals surface area contributed by atoms with Gasteiger partial charge >= 0.3 is 5.97 Å². The van der Waals surface area contributed by atoms with Crippen LogP contribution in [0.4, 0.5) is 0 Å². The number of allylic oxidation sites excluding steroid dienone is 3. The first-order valence-electron chi connectivity index (χ1n) is 8.88. The van der Waals surface area contributed by atoms with Crippen LogP contribution in [-0.2, 0) is 9.53 Å². The zero-order valence-corrected chi connectivity index (χ0v) is 14.4. The lowest BCUT2D eigenvalue weighted by Gasteiger charge is -2.57. The molecule has 2 saturated carbocycles. The molecule has 0 heterocycles. The van der Waals surface area contributed by atoms with Gasteiger partial charge in [-0.1, -0.05) is 38.0 Å². The summed E-state index contributed by atoms with van der Waals surface area (Å²) in [4.78, 5) is 12.2. The molecule has 0 spiro atoms. The summed E-state index contributed by atoms with van der Waals surface area (Å²) in [7, 11) is 1.54. The topological polar surface area (TPSA) is 26.3 Å². The summed E-state index contributed by atoms with van der Waals surface area (Å²) in [6, 6.07) is 0. The minimum Gasteiger partial charge on any atom is -0.469 e. The summed E-state index contributed by atoms with van der Waals surface area (Å²) >= 11 is 0. The highest BCUT2D eigenvalue weighted by molar-refractivity contribution is 5.73. The van der Waals surface area contributed by atoms with E-state index in [9.17, 15) is 4.79 Å². The number of hydrogen-bond donors (Lipinski definition) is 0. The maximum Gasteiger partial charge on any atom is 0.308 e. The molecule has 0 aromatic rings. The van der Waals surface area contributed by atoms with Gasteiger partial charge in [-0.3, -0.25) is 4.79 Å². The van der Waals surface area contributed by atoms with E-state index in [1.54, 1.807) is 5.57 Å². The Morgan fingerprint density at radius 3 is 2.77 bits per heavy atom. The molecule has 5 atom stereocenters. The fourth-order valence-corrected chi connectivity index (χ4v) is 5.75. The lowest BCUT2D eigenvalue weighted by molar-refractivity contribution is -0.152. The monoisotopic (exact) mass is 302 g/mol. The van der Waals surface area contributed by atoms with Crippen LogP contribution in [0.25, 0.3) is 0 Å². The van der Waals surface area contributed by atoms with E-state index in [1.807, 2.05) is 0 Å². The van der Waals surface area contributed by atoms with Gasteiger partial charge in [-0.25, -0.2) is 0 Å². The molecule has 122 valence electrons. The summed E-state index contributed by atoms with van der Waals surface area (Å²) in [5.74, 6) is 1.19. The highest BCUT2D eigenvalue weighted by Crippen LogP contribution is 2.62. The molecule has 0 radical (unpaired) electrons. The molecule has 3 aliphatic carbocycles. The molecule has 0 saturated heterocycles. The highest BCUT2D eigenvalue weighted by Gasteiger charge is 2.54. The Morgan fingerprint density at radius 2 is 2.09 bits per heavy atom. The number of rotatable bonds is 2. The molecule has 0 N–H and O–H groups in total. The predicted octanol–water partition coefficient (Wildman–Crippen LogP) is 4.90. The number of methoxy groups -OCH3 is 1. The fourth-order valence-electron chi connectivity index (χ4n) is 5.75. The van der Waals surface area contributed by atoms with Gasteiger partial charge in [-0.2, -0.15) is 0 Å². The Labute approximate surface area is 135 Å². The van der Waals surface area contributed by atoms with Crippen molar-refractivity contribution in [3.8, 4) is 0 Å². The molecule has 2 nitrogen and oxygen atoms in total. The first-order valence-corrected chi connectivity index (χ1v) is 8.88. The van der Waals surface area contributed by atoms with Crippen molar-refractivity contribution in [3.05, 3.63) is 24.3 Å². The van der Waals surface area contributed by atoms with Crippen molar-refractivity contribution >= 4 is 5.97 Å². The average molecular weight is 302 g/mol. The normalized spacial score (nSPS) is 44.3. The molecular formula is C20H30O2. The van der Waals surface area contributed by atoms with Crippen molar-refractivity contribution < 1.29 is 9.53 Å². The maximum atomic E-state index is 12.2. The van der Waals surface area contributed by atoms with Crippen molar-refractivity contribution in [1.82, 2.24) is 0 Å². The van der Waals surface area contributed by atoms with Crippen LogP contribution in [-0.4, -0.2) is 13.1 Å². The number of fused-ring (bicyclic) bond motifs is 3. The quantitative estimate of drug-likeness (QED) is 0.535. The van der Waals surface area contributed by atoms with Crippen LogP contribution < -0.4 is 0 Å². The molecule has 22 heavy (non-hydrogen) atoms. The number of carbonyl (C=O) groups excluding carboxylic acids is 1. The molecule has 3 aliphatic rings. The smallest absolute Gasteiger partial charge is 0.308 e. The largest absolute Gasteiger partial charge is 0.469 e. The third kappa shape index (κ3) is 2.18. The first-order chi connectivity index (χ1) is 10.5. The number of ether oxygens (including phenoxy) is 1. The van der Waals surface area contributed by atoms with Crippen molar-refractivity contribution in [2.75, 3.05) is 7.11 Å².